The summed E-state index contributed by atoms with van der Waals surface area (Å²) in [6, 6.07) is 11.6. The maximum atomic E-state index is 9.00. The quantitative estimate of drug-likeness (QED) is 0.702. The van der Waals surface area contributed by atoms with E-state index in [2.05, 4.69) is 0 Å². The largest absolute Gasteiger partial charge is 0.492 e. The fourth-order valence-corrected chi connectivity index (χ4v) is 2.37. The Hall–Kier alpha value is -1.42. The van der Waals surface area contributed by atoms with Crippen molar-refractivity contribution < 1.29 is 14.6 Å². The number of benzene rings is 2. The molecule has 0 heterocycles. The first-order chi connectivity index (χ1) is 10.4. The lowest BCUT2D eigenvalue weighted by molar-refractivity contribution is -0.134. The van der Waals surface area contributed by atoms with E-state index in [0.29, 0.717) is 27.4 Å². The van der Waals surface area contributed by atoms with Crippen LogP contribution in [0.3, 0.4) is 0 Å². The van der Waals surface area contributed by atoms with Crippen LogP contribution in [0.25, 0.3) is 11.1 Å². The van der Waals surface area contributed by atoms with Gasteiger partial charge in [-0.05, 0) is 18.6 Å². The molecule has 0 saturated carbocycles. The molecule has 0 atom stereocenters. The second-order valence-electron chi connectivity index (χ2n) is 4.18. The van der Waals surface area contributed by atoms with Crippen molar-refractivity contribution >= 4 is 40.8 Å². The zero-order valence-electron chi connectivity index (χ0n) is 12.1. The Bertz CT molecular complexity index is 639. The average Bonchev–Trinajstić information content (AvgIpc) is 2.48. The Kier molecular flexibility index (Phi) is 7.52. The third-order valence-corrected chi connectivity index (χ3v) is 3.84. The Morgan fingerprint density at radius 2 is 1.64 bits per heavy atom. The van der Waals surface area contributed by atoms with Gasteiger partial charge in [-0.1, -0.05) is 65.1 Å². The van der Waals surface area contributed by atoms with Crippen LogP contribution in [0.15, 0.2) is 36.4 Å². The van der Waals surface area contributed by atoms with E-state index in [0.717, 1.165) is 18.1 Å². The monoisotopic (exact) mass is 360 g/mol. The normalized spacial score (nSPS) is 9.68. The molecule has 0 aliphatic carbocycles. The summed E-state index contributed by atoms with van der Waals surface area (Å²) in [4.78, 5) is 9.00. The van der Waals surface area contributed by atoms with Crippen LogP contribution in [0.2, 0.25) is 15.1 Å². The number of rotatable bonds is 3. The third-order valence-electron chi connectivity index (χ3n) is 2.50. The molecule has 6 heteroatoms. The Labute approximate surface area is 144 Å². The van der Waals surface area contributed by atoms with Crippen molar-refractivity contribution in [2.24, 2.45) is 0 Å². The van der Waals surface area contributed by atoms with Gasteiger partial charge in [0.15, 0.2) is 0 Å². The zero-order chi connectivity index (χ0) is 16.7. The SMILES string of the molecule is CC(=O)O.CCOc1cc(-c2ccccc2)c(Cl)c(Cl)c1Cl. The van der Waals surface area contributed by atoms with Crippen LogP contribution < -0.4 is 4.74 Å². The van der Waals surface area contributed by atoms with E-state index in [1.807, 2.05) is 43.3 Å². The van der Waals surface area contributed by atoms with Gasteiger partial charge in [0.1, 0.15) is 10.8 Å². The first-order valence-corrected chi connectivity index (χ1v) is 7.57. The van der Waals surface area contributed by atoms with Gasteiger partial charge in [0, 0.05) is 12.5 Å². The van der Waals surface area contributed by atoms with Gasteiger partial charge in [-0.15, -0.1) is 0 Å². The van der Waals surface area contributed by atoms with E-state index in [1.54, 1.807) is 0 Å². The lowest BCUT2D eigenvalue weighted by Gasteiger charge is -2.12. The minimum absolute atomic E-state index is 0.322. The minimum atomic E-state index is -0.833. The van der Waals surface area contributed by atoms with Crippen molar-refractivity contribution in [2.45, 2.75) is 13.8 Å². The van der Waals surface area contributed by atoms with Crippen molar-refractivity contribution in [3.63, 3.8) is 0 Å². The van der Waals surface area contributed by atoms with Crippen LogP contribution in [0, 0.1) is 0 Å². The van der Waals surface area contributed by atoms with Crippen LogP contribution in [-0.4, -0.2) is 17.7 Å². The molecule has 2 aromatic rings. The van der Waals surface area contributed by atoms with E-state index >= 15 is 0 Å². The minimum Gasteiger partial charge on any atom is -0.492 e. The molecule has 0 saturated heterocycles. The molecule has 2 rings (SSSR count). The Morgan fingerprint density at radius 3 is 2.14 bits per heavy atom. The molecule has 1 N–H and O–H groups in total. The van der Waals surface area contributed by atoms with Crippen molar-refractivity contribution in [2.75, 3.05) is 6.61 Å². The maximum absolute atomic E-state index is 9.00. The number of hydrogen-bond donors (Lipinski definition) is 1. The molecule has 0 bridgehead atoms. The van der Waals surface area contributed by atoms with Crippen LogP contribution in [0.1, 0.15) is 13.8 Å². The highest BCUT2D eigenvalue weighted by atomic mass is 35.5. The van der Waals surface area contributed by atoms with Gasteiger partial charge in [-0.3, -0.25) is 4.79 Å². The second kappa shape index (κ2) is 8.89. The summed E-state index contributed by atoms with van der Waals surface area (Å²) < 4.78 is 5.46. The van der Waals surface area contributed by atoms with Crippen molar-refractivity contribution in [1.82, 2.24) is 0 Å². The summed E-state index contributed by atoms with van der Waals surface area (Å²) >= 11 is 18.5. The highest BCUT2D eigenvalue weighted by Crippen LogP contribution is 2.43. The first-order valence-electron chi connectivity index (χ1n) is 6.43. The summed E-state index contributed by atoms with van der Waals surface area (Å²) in [6.45, 7) is 3.49. The summed E-state index contributed by atoms with van der Waals surface area (Å²) in [5.41, 5.74) is 1.79. The molecule has 118 valence electrons. The summed E-state index contributed by atoms with van der Waals surface area (Å²) in [6.07, 6.45) is 0. The number of carboxylic acid groups (broad SMARTS) is 1. The van der Waals surface area contributed by atoms with Crippen molar-refractivity contribution in [3.05, 3.63) is 51.5 Å². The number of carbonyl (C=O) groups is 1. The van der Waals surface area contributed by atoms with Crippen LogP contribution in [-0.2, 0) is 4.79 Å². The van der Waals surface area contributed by atoms with Crippen molar-refractivity contribution in [3.8, 4) is 16.9 Å². The Balaban J connectivity index is 0.000000541. The molecule has 0 spiro atoms. The van der Waals surface area contributed by atoms with Gasteiger partial charge < -0.3 is 9.84 Å². The van der Waals surface area contributed by atoms with E-state index < -0.39 is 5.97 Å². The van der Waals surface area contributed by atoms with Gasteiger partial charge in [0.2, 0.25) is 0 Å². The van der Waals surface area contributed by atoms with Gasteiger partial charge in [-0.25, -0.2) is 0 Å². The fraction of sp³-hybridized carbons (Fsp3) is 0.188. The molecular formula is C16H15Cl3O3. The van der Waals surface area contributed by atoms with E-state index in [9.17, 15) is 0 Å². The molecule has 3 nitrogen and oxygen atoms in total. The highest BCUT2D eigenvalue weighted by molar-refractivity contribution is 6.49. The highest BCUT2D eigenvalue weighted by Gasteiger charge is 2.16. The predicted molar refractivity (Wildman–Crippen MR) is 91.4 cm³/mol. The molecular weight excluding hydrogens is 347 g/mol. The molecule has 0 fully saturated rings. The van der Waals surface area contributed by atoms with Crippen LogP contribution >= 0.6 is 34.8 Å². The van der Waals surface area contributed by atoms with E-state index in [-0.39, 0.29) is 0 Å². The second-order valence-corrected chi connectivity index (χ2v) is 5.32. The summed E-state index contributed by atoms with van der Waals surface area (Å²) in [5, 5.41) is 8.53. The van der Waals surface area contributed by atoms with Gasteiger partial charge >= 0.3 is 0 Å². The molecule has 0 aliphatic heterocycles. The lowest BCUT2D eigenvalue weighted by Crippen LogP contribution is -1.94. The predicted octanol–water partition coefficient (Wildman–Crippen LogP) is 5.80. The van der Waals surface area contributed by atoms with Crippen LogP contribution in [0.5, 0.6) is 5.75 Å². The first kappa shape index (κ1) is 18.6. The lowest BCUT2D eigenvalue weighted by atomic mass is 10.1. The van der Waals surface area contributed by atoms with Gasteiger partial charge in [0.25, 0.3) is 5.97 Å². The Morgan fingerprint density at radius 1 is 1.09 bits per heavy atom. The molecule has 0 amide bonds. The molecule has 0 aliphatic rings. The molecule has 0 aromatic heterocycles. The smallest absolute Gasteiger partial charge is 0.300 e. The van der Waals surface area contributed by atoms with E-state index in [4.69, 9.17) is 49.4 Å². The standard InChI is InChI=1S/C14H11Cl3O.C2H4O2/c1-2-18-11-8-10(9-6-4-3-5-7-9)12(15)14(17)13(11)16;1-2(3)4/h3-8H,2H2,1H3;1H3,(H,3,4). The van der Waals surface area contributed by atoms with E-state index in [1.165, 1.54) is 0 Å². The zero-order valence-corrected chi connectivity index (χ0v) is 14.3. The maximum Gasteiger partial charge on any atom is 0.300 e. The number of carboxylic acids is 1. The number of hydrogen-bond acceptors (Lipinski definition) is 2. The van der Waals surface area contributed by atoms with Crippen molar-refractivity contribution in [1.29, 1.82) is 0 Å². The third kappa shape index (κ3) is 5.09. The summed E-state index contributed by atoms with van der Waals surface area (Å²) in [5.74, 6) is -0.285. The van der Waals surface area contributed by atoms with Crippen LogP contribution in [0.4, 0.5) is 0 Å². The molecule has 2 aromatic carbocycles. The number of halogens is 3. The van der Waals surface area contributed by atoms with Gasteiger partial charge in [-0.2, -0.15) is 0 Å². The average molecular weight is 362 g/mol. The molecule has 22 heavy (non-hydrogen) atoms. The number of aliphatic carboxylic acids is 1. The number of ether oxygens (including phenoxy) is 1. The molecule has 0 unspecified atom stereocenters. The fourth-order valence-electron chi connectivity index (χ4n) is 1.67. The summed E-state index contributed by atoms with van der Waals surface area (Å²) in [7, 11) is 0. The topological polar surface area (TPSA) is 46.5 Å². The van der Waals surface area contributed by atoms with Gasteiger partial charge in [0.05, 0.1) is 16.7 Å². The molecule has 0 radical (unpaired) electrons.